The van der Waals surface area contributed by atoms with Crippen molar-refractivity contribution in [3.05, 3.63) is 106 Å². The van der Waals surface area contributed by atoms with Gasteiger partial charge in [0.15, 0.2) is 0 Å². The molecule has 0 amide bonds. The van der Waals surface area contributed by atoms with E-state index in [2.05, 4.69) is 0 Å². The fraction of sp³-hybridized carbons (Fsp3) is 0.294. The van der Waals surface area contributed by atoms with Crippen molar-refractivity contribution in [3.63, 3.8) is 0 Å². The summed E-state index contributed by atoms with van der Waals surface area (Å²) < 4.78 is 17.8. The number of aliphatic hydroxyl groups is 2. The summed E-state index contributed by atoms with van der Waals surface area (Å²) in [5.41, 5.74) is 4.54. The number of pyridine rings is 1. The summed E-state index contributed by atoms with van der Waals surface area (Å²) in [6, 6.07) is 23.7. The Morgan fingerprint density at radius 3 is 2.24 bits per heavy atom. The van der Waals surface area contributed by atoms with Gasteiger partial charge < -0.3 is 24.5 Å². The summed E-state index contributed by atoms with van der Waals surface area (Å²) in [5.74, 6) is -1.50. The van der Waals surface area contributed by atoms with Gasteiger partial charge in [-0.15, -0.1) is 0 Å². The first-order valence-electron chi connectivity index (χ1n) is 14.2. The molecule has 0 fully saturated rings. The number of halogens is 1. The van der Waals surface area contributed by atoms with E-state index < -0.39 is 24.6 Å². The highest BCUT2D eigenvalue weighted by Crippen LogP contribution is 2.40. The lowest BCUT2D eigenvalue weighted by atomic mass is 9.96. The number of carboxylic acid groups (broad SMARTS) is 1. The Balaban J connectivity index is 1.75. The van der Waals surface area contributed by atoms with E-state index in [1.165, 1.54) is 12.1 Å². The second-order valence-electron chi connectivity index (χ2n) is 11.1. The van der Waals surface area contributed by atoms with Crippen molar-refractivity contribution in [1.29, 1.82) is 0 Å². The molecule has 0 spiro atoms. The van der Waals surface area contributed by atoms with E-state index >= 15 is 0 Å². The van der Waals surface area contributed by atoms with Gasteiger partial charge in [-0.1, -0.05) is 60.7 Å². The van der Waals surface area contributed by atoms with Crippen LogP contribution in [0.5, 0.6) is 0 Å². The van der Waals surface area contributed by atoms with Crippen molar-refractivity contribution in [2.75, 3.05) is 0 Å². The number of aromatic nitrogens is 2. The molecular weight excluding hydrogens is 535 g/mol. The molecule has 5 rings (SSSR count). The molecule has 0 saturated heterocycles. The Hall–Kier alpha value is -4.27. The molecule has 0 bridgehead atoms. The van der Waals surface area contributed by atoms with Crippen LogP contribution in [-0.4, -0.2) is 42.6 Å². The molecule has 8 heteroatoms. The quantitative estimate of drug-likeness (QED) is 0.183. The van der Waals surface area contributed by atoms with Crippen molar-refractivity contribution < 1.29 is 24.5 Å². The third-order valence-corrected chi connectivity index (χ3v) is 7.72. The Morgan fingerprint density at radius 2 is 1.57 bits per heavy atom. The van der Waals surface area contributed by atoms with Gasteiger partial charge in [0.1, 0.15) is 11.3 Å². The third-order valence-electron chi connectivity index (χ3n) is 7.72. The molecule has 5 aromatic rings. The normalized spacial score (nSPS) is 13.2. The maximum atomic E-state index is 14.5. The van der Waals surface area contributed by atoms with Gasteiger partial charge in [0, 0.05) is 28.1 Å². The van der Waals surface area contributed by atoms with Gasteiger partial charge >= 0.3 is 5.97 Å². The van der Waals surface area contributed by atoms with E-state index in [1.807, 2.05) is 73.0 Å². The van der Waals surface area contributed by atoms with Crippen LogP contribution in [0.25, 0.3) is 32.9 Å². The first-order chi connectivity index (χ1) is 20.2. The van der Waals surface area contributed by atoms with Crippen molar-refractivity contribution >= 4 is 27.8 Å². The highest BCUT2D eigenvalue weighted by molar-refractivity contribution is 6.13. The van der Waals surface area contributed by atoms with E-state index in [0.29, 0.717) is 18.5 Å². The minimum absolute atomic E-state index is 0.0765. The first kappa shape index (κ1) is 29.2. The minimum Gasteiger partial charge on any atom is -0.481 e. The monoisotopic (exact) mass is 570 g/mol. The molecule has 218 valence electrons. The SMILES string of the molecule is CC(C)n1c(CC[C@@H](O)C[C@@H](O)CC(=O)O)c(-c2ccc(F)cc2)c2c3ccccc3n(Cc3ccccc3)c(=O)c21. The smallest absolute Gasteiger partial charge is 0.305 e. The Labute approximate surface area is 243 Å². The number of carboxylic acids is 1. The molecule has 7 nitrogen and oxygen atoms in total. The molecule has 0 aliphatic heterocycles. The summed E-state index contributed by atoms with van der Waals surface area (Å²) in [4.78, 5) is 25.4. The predicted molar refractivity (Wildman–Crippen MR) is 162 cm³/mol. The van der Waals surface area contributed by atoms with E-state index in [4.69, 9.17) is 5.11 Å². The Bertz CT molecular complexity index is 1770. The van der Waals surface area contributed by atoms with Crippen LogP contribution in [0, 0.1) is 5.82 Å². The summed E-state index contributed by atoms with van der Waals surface area (Å²) >= 11 is 0. The van der Waals surface area contributed by atoms with Crippen LogP contribution in [0.1, 0.15) is 50.4 Å². The van der Waals surface area contributed by atoms with E-state index in [1.54, 1.807) is 16.7 Å². The molecule has 3 aromatic carbocycles. The van der Waals surface area contributed by atoms with Crippen LogP contribution in [0.3, 0.4) is 0 Å². The molecule has 42 heavy (non-hydrogen) atoms. The van der Waals surface area contributed by atoms with Gasteiger partial charge in [-0.2, -0.15) is 0 Å². The second kappa shape index (κ2) is 12.3. The molecule has 0 radical (unpaired) electrons. The van der Waals surface area contributed by atoms with Crippen LogP contribution < -0.4 is 5.56 Å². The number of hydrogen-bond donors (Lipinski definition) is 3. The van der Waals surface area contributed by atoms with Gasteiger partial charge in [-0.25, -0.2) is 4.39 Å². The zero-order valence-electron chi connectivity index (χ0n) is 23.7. The molecule has 0 unspecified atom stereocenters. The summed E-state index contributed by atoms with van der Waals surface area (Å²) in [6.07, 6.45) is -2.05. The molecule has 2 heterocycles. The average Bonchev–Trinajstić information content (AvgIpc) is 3.30. The van der Waals surface area contributed by atoms with Crippen molar-refractivity contribution in [2.45, 2.75) is 64.3 Å². The van der Waals surface area contributed by atoms with Gasteiger partial charge in [-0.05, 0) is 62.4 Å². The number of aliphatic carboxylic acids is 1. The number of fused-ring (bicyclic) bond motifs is 3. The summed E-state index contributed by atoms with van der Waals surface area (Å²) in [7, 11) is 0. The molecular formula is C34H35FN2O5. The van der Waals surface area contributed by atoms with Crippen molar-refractivity contribution in [3.8, 4) is 11.1 Å². The highest BCUT2D eigenvalue weighted by atomic mass is 19.1. The maximum absolute atomic E-state index is 14.5. The third kappa shape index (κ3) is 5.86. The number of nitrogens with zero attached hydrogens (tertiary/aromatic N) is 2. The lowest BCUT2D eigenvalue weighted by Crippen LogP contribution is -2.24. The summed E-state index contributed by atoms with van der Waals surface area (Å²) in [6.45, 7) is 4.39. The number of para-hydroxylation sites is 1. The van der Waals surface area contributed by atoms with Crippen LogP contribution in [0.2, 0.25) is 0 Å². The largest absolute Gasteiger partial charge is 0.481 e. The van der Waals surface area contributed by atoms with Gasteiger partial charge in [0.05, 0.1) is 30.7 Å². The van der Waals surface area contributed by atoms with E-state index in [0.717, 1.165) is 38.7 Å². The van der Waals surface area contributed by atoms with E-state index in [9.17, 15) is 24.2 Å². The molecule has 2 aromatic heterocycles. The second-order valence-corrected chi connectivity index (χ2v) is 11.1. The zero-order valence-corrected chi connectivity index (χ0v) is 23.7. The topological polar surface area (TPSA) is 105 Å². The number of aliphatic hydroxyl groups excluding tert-OH is 2. The number of hydrogen-bond acceptors (Lipinski definition) is 4. The lowest BCUT2D eigenvalue weighted by molar-refractivity contribution is -0.139. The molecule has 0 saturated carbocycles. The standard InChI is InChI=1S/C34H35FN2O5/c1-21(2)37-29(17-16-25(38)18-26(39)19-30(40)41)31(23-12-14-24(35)15-13-23)32-27-10-6-7-11-28(27)36(34(42)33(32)37)20-22-8-4-3-5-9-22/h3-15,21,25-26,38-39H,16-20H2,1-2H3,(H,40,41)/t25-,26-/m1/s1. The summed E-state index contributed by atoms with van der Waals surface area (Å²) in [5, 5.41) is 31.5. The fourth-order valence-electron chi connectivity index (χ4n) is 5.95. The highest BCUT2D eigenvalue weighted by Gasteiger charge is 2.27. The van der Waals surface area contributed by atoms with Gasteiger partial charge in [0.25, 0.3) is 5.56 Å². The van der Waals surface area contributed by atoms with Gasteiger partial charge in [-0.3, -0.25) is 9.59 Å². The van der Waals surface area contributed by atoms with Crippen molar-refractivity contribution in [2.24, 2.45) is 0 Å². The predicted octanol–water partition coefficient (Wildman–Crippen LogP) is 5.91. The molecule has 2 atom stereocenters. The lowest BCUT2D eigenvalue weighted by Gasteiger charge is -2.19. The van der Waals surface area contributed by atoms with Gasteiger partial charge in [0.2, 0.25) is 0 Å². The van der Waals surface area contributed by atoms with Crippen molar-refractivity contribution in [1.82, 2.24) is 9.13 Å². The number of carbonyl (C=O) groups is 1. The average molecular weight is 571 g/mol. The minimum atomic E-state index is -1.17. The Morgan fingerprint density at radius 1 is 0.905 bits per heavy atom. The molecule has 0 aliphatic rings. The van der Waals surface area contributed by atoms with Crippen LogP contribution in [0.15, 0.2) is 83.7 Å². The molecule has 0 aliphatic carbocycles. The van der Waals surface area contributed by atoms with Crippen LogP contribution in [-0.2, 0) is 17.8 Å². The number of rotatable bonds is 11. The number of benzene rings is 3. The maximum Gasteiger partial charge on any atom is 0.305 e. The van der Waals surface area contributed by atoms with Crippen LogP contribution >= 0.6 is 0 Å². The zero-order chi connectivity index (χ0) is 30.0. The first-order valence-corrected chi connectivity index (χ1v) is 14.2. The fourth-order valence-corrected chi connectivity index (χ4v) is 5.95. The van der Waals surface area contributed by atoms with E-state index in [-0.39, 0.29) is 30.3 Å². The molecule has 3 N–H and O–H groups in total. The van der Waals surface area contributed by atoms with Crippen LogP contribution in [0.4, 0.5) is 4.39 Å². The Kier molecular flexibility index (Phi) is 8.56.